The third-order valence-corrected chi connectivity index (χ3v) is 4.81. The highest BCUT2D eigenvalue weighted by molar-refractivity contribution is 6.26. The van der Waals surface area contributed by atoms with Crippen molar-refractivity contribution in [3.8, 4) is 0 Å². The van der Waals surface area contributed by atoms with E-state index in [4.69, 9.17) is 0 Å². The Kier molecular flexibility index (Phi) is 10.5. The number of hydrogen-bond donors (Lipinski definition) is 0. The number of hydrogen-bond acceptors (Lipinski definition) is 3. The summed E-state index contributed by atoms with van der Waals surface area (Å²) in [7, 11) is 0. The van der Waals surface area contributed by atoms with Gasteiger partial charge >= 0.3 is 0 Å². The normalized spacial score (nSPS) is 14.5. The van der Waals surface area contributed by atoms with Crippen molar-refractivity contribution >= 4 is 17.3 Å². The van der Waals surface area contributed by atoms with Gasteiger partial charge in [0.2, 0.25) is 0 Å². The molecule has 1 aliphatic rings. The van der Waals surface area contributed by atoms with E-state index in [1.807, 2.05) is 0 Å². The van der Waals surface area contributed by atoms with E-state index in [-0.39, 0.29) is 22.9 Å². The number of ketones is 3. The average molecular weight is 335 g/mol. The van der Waals surface area contributed by atoms with Gasteiger partial charge in [-0.2, -0.15) is 0 Å². The van der Waals surface area contributed by atoms with E-state index in [1.165, 1.54) is 25.7 Å². The van der Waals surface area contributed by atoms with Crippen LogP contribution in [0.4, 0.5) is 0 Å². The van der Waals surface area contributed by atoms with Crippen LogP contribution >= 0.6 is 0 Å². The molecule has 0 amide bonds. The van der Waals surface area contributed by atoms with Gasteiger partial charge in [-0.3, -0.25) is 14.4 Å². The van der Waals surface area contributed by atoms with E-state index in [0.29, 0.717) is 31.3 Å². The van der Waals surface area contributed by atoms with Crippen molar-refractivity contribution in [2.75, 3.05) is 0 Å². The van der Waals surface area contributed by atoms with Gasteiger partial charge in [-0.1, -0.05) is 65.2 Å². The number of rotatable bonds is 14. The third kappa shape index (κ3) is 7.11. The molecule has 0 saturated heterocycles. The summed E-state index contributed by atoms with van der Waals surface area (Å²) in [4.78, 5) is 36.8. The Morgan fingerprint density at radius 2 is 1.21 bits per heavy atom. The van der Waals surface area contributed by atoms with Crippen LogP contribution in [-0.2, 0) is 14.4 Å². The van der Waals surface area contributed by atoms with Gasteiger partial charge < -0.3 is 0 Å². The summed E-state index contributed by atoms with van der Waals surface area (Å²) in [6, 6.07) is 0. The highest BCUT2D eigenvalue weighted by Gasteiger charge is 2.31. The second-order valence-corrected chi connectivity index (χ2v) is 6.95. The van der Waals surface area contributed by atoms with Crippen LogP contribution in [0.2, 0.25) is 0 Å². The van der Waals surface area contributed by atoms with Crippen molar-refractivity contribution in [1.82, 2.24) is 0 Å². The molecule has 0 unspecified atom stereocenters. The summed E-state index contributed by atoms with van der Waals surface area (Å²) in [5, 5.41) is 0. The first-order valence-electron chi connectivity index (χ1n) is 9.94. The summed E-state index contributed by atoms with van der Waals surface area (Å²) in [6.45, 7) is 4.33. The first-order chi connectivity index (χ1) is 11.6. The van der Waals surface area contributed by atoms with Crippen LogP contribution in [0.1, 0.15) is 104 Å². The van der Waals surface area contributed by atoms with Crippen molar-refractivity contribution in [3.63, 3.8) is 0 Å². The van der Waals surface area contributed by atoms with Crippen LogP contribution in [0.3, 0.4) is 0 Å². The van der Waals surface area contributed by atoms with Gasteiger partial charge in [0.25, 0.3) is 0 Å². The Balaban J connectivity index is 2.50. The van der Waals surface area contributed by atoms with Crippen molar-refractivity contribution in [2.45, 2.75) is 104 Å². The molecule has 3 heteroatoms. The second-order valence-electron chi connectivity index (χ2n) is 6.95. The fraction of sp³-hybridized carbons (Fsp3) is 0.762. The summed E-state index contributed by atoms with van der Waals surface area (Å²) in [6.07, 6.45) is 12.6. The molecule has 136 valence electrons. The number of Topliss-reactive ketones (excluding diaryl/α,β-unsaturated/α-hetero) is 3. The van der Waals surface area contributed by atoms with E-state index in [1.54, 1.807) is 0 Å². The van der Waals surface area contributed by atoms with Crippen LogP contribution in [0.15, 0.2) is 11.1 Å². The number of allylic oxidation sites excluding steroid dienone is 2. The van der Waals surface area contributed by atoms with Crippen LogP contribution in [-0.4, -0.2) is 17.3 Å². The van der Waals surface area contributed by atoms with E-state index >= 15 is 0 Å². The Morgan fingerprint density at radius 1 is 0.708 bits per heavy atom. The summed E-state index contributed by atoms with van der Waals surface area (Å²) < 4.78 is 0. The maximum Gasteiger partial charge on any atom is 0.167 e. The minimum atomic E-state index is -0.108. The van der Waals surface area contributed by atoms with Crippen molar-refractivity contribution in [3.05, 3.63) is 11.1 Å². The standard InChI is InChI=1S/C21H34O3/c1-3-5-7-9-11-13-18(22)17-15-16-20(24)21(17)19(23)14-12-10-8-6-4-2/h3-16H2,1-2H3. The molecule has 0 aromatic rings. The van der Waals surface area contributed by atoms with Crippen molar-refractivity contribution in [1.29, 1.82) is 0 Å². The smallest absolute Gasteiger partial charge is 0.167 e. The van der Waals surface area contributed by atoms with Crippen LogP contribution < -0.4 is 0 Å². The van der Waals surface area contributed by atoms with Crippen LogP contribution in [0.5, 0.6) is 0 Å². The molecule has 0 radical (unpaired) electrons. The number of carbonyl (C=O) groups excluding carboxylic acids is 3. The van der Waals surface area contributed by atoms with E-state index in [0.717, 1.165) is 38.5 Å². The molecule has 0 aromatic heterocycles. The van der Waals surface area contributed by atoms with E-state index in [2.05, 4.69) is 13.8 Å². The lowest BCUT2D eigenvalue weighted by Crippen LogP contribution is -2.13. The van der Waals surface area contributed by atoms with E-state index < -0.39 is 0 Å². The second kappa shape index (κ2) is 12.2. The molecule has 24 heavy (non-hydrogen) atoms. The highest BCUT2D eigenvalue weighted by Crippen LogP contribution is 2.27. The maximum absolute atomic E-state index is 12.4. The molecule has 0 aliphatic heterocycles. The lowest BCUT2D eigenvalue weighted by Gasteiger charge is -2.06. The number of carbonyl (C=O) groups is 3. The lowest BCUT2D eigenvalue weighted by molar-refractivity contribution is -0.122. The summed E-state index contributed by atoms with van der Waals surface area (Å²) in [5.41, 5.74) is 0.790. The molecular weight excluding hydrogens is 300 g/mol. The summed E-state index contributed by atoms with van der Waals surface area (Å²) >= 11 is 0. The van der Waals surface area contributed by atoms with Gasteiger partial charge in [0.15, 0.2) is 17.3 Å². The quantitative estimate of drug-likeness (QED) is 0.311. The molecular formula is C21H34O3. The van der Waals surface area contributed by atoms with Gasteiger partial charge in [0.1, 0.15) is 0 Å². The Bertz CT molecular complexity index is 460. The first kappa shape index (κ1) is 20.8. The molecule has 0 heterocycles. The predicted octanol–water partition coefficient (Wildman–Crippen LogP) is 5.51. The molecule has 0 bridgehead atoms. The number of unbranched alkanes of at least 4 members (excludes halogenated alkanes) is 8. The molecule has 0 saturated carbocycles. The molecule has 0 spiro atoms. The monoisotopic (exact) mass is 334 g/mol. The van der Waals surface area contributed by atoms with Gasteiger partial charge in [-0.05, 0) is 19.3 Å². The molecule has 1 aliphatic carbocycles. The highest BCUT2D eigenvalue weighted by atomic mass is 16.2. The summed E-state index contributed by atoms with van der Waals surface area (Å²) in [5.74, 6) is -0.169. The Hall–Kier alpha value is -1.25. The Morgan fingerprint density at radius 3 is 1.75 bits per heavy atom. The maximum atomic E-state index is 12.4. The zero-order chi connectivity index (χ0) is 17.8. The van der Waals surface area contributed by atoms with Crippen molar-refractivity contribution in [2.24, 2.45) is 0 Å². The molecule has 0 aromatic carbocycles. The average Bonchev–Trinajstić information content (AvgIpc) is 2.96. The third-order valence-electron chi connectivity index (χ3n) is 4.81. The molecule has 0 atom stereocenters. The van der Waals surface area contributed by atoms with Gasteiger partial charge in [-0.25, -0.2) is 0 Å². The van der Waals surface area contributed by atoms with Crippen LogP contribution in [0, 0.1) is 0 Å². The zero-order valence-electron chi connectivity index (χ0n) is 15.6. The predicted molar refractivity (Wildman–Crippen MR) is 98.0 cm³/mol. The zero-order valence-corrected chi connectivity index (χ0v) is 15.6. The van der Waals surface area contributed by atoms with Crippen molar-refractivity contribution < 1.29 is 14.4 Å². The largest absolute Gasteiger partial charge is 0.295 e. The van der Waals surface area contributed by atoms with Gasteiger partial charge in [-0.15, -0.1) is 0 Å². The van der Waals surface area contributed by atoms with E-state index in [9.17, 15) is 14.4 Å². The first-order valence-corrected chi connectivity index (χ1v) is 9.94. The Labute approximate surface area is 147 Å². The minimum Gasteiger partial charge on any atom is -0.295 e. The topological polar surface area (TPSA) is 51.2 Å². The molecule has 3 nitrogen and oxygen atoms in total. The fourth-order valence-electron chi connectivity index (χ4n) is 3.31. The molecule has 0 fully saturated rings. The molecule has 0 N–H and O–H groups in total. The van der Waals surface area contributed by atoms with Gasteiger partial charge in [0, 0.05) is 24.8 Å². The minimum absolute atomic E-state index is 0.0340. The molecule has 1 rings (SSSR count). The van der Waals surface area contributed by atoms with Crippen LogP contribution in [0.25, 0.3) is 0 Å². The SMILES string of the molecule is CCCCCCCC(=O)C1=C(C(=O)CCCCCCC)C(=O)CC1. The van der Waals surface area contributed by atoms with Gasteiger partial charge in [0.05, 0.1) is 5.57 Å². The lowest BCUT2D eigenvalue weighted by atomic mass is 9.96. The fourth-order valence-corrected chi connectivity index (χ4v) is 3.31.